The summed E-state index contributed by atoms with van der Waals surface area (Å²) in [6, 6.07) is 13.3. The number of Topliss-reactive ketones (excluding diaryl/α,β-unsaturated/α-hetero) is 1. The third-order valence-electron chi connectivity index (χ3n) is 6.08. The van der Waals surface area contributed by atoms with Crippen LogP contribution in [0.25, 0.3) is 10.8 Å². The Kier molecular flexibility index (Phi) is 5.56. The number of pyridine rings is 1. The number of aliphatic hydroxyl groups excluding tert-OH is 1. The first kappa shape index (κ1) is 21.5. The molecule has 0 fully saturated rings. The fourth-order valence-electron chi connectivity index (χ4n) is 4.57. The molecule has 0 spiro atoms. The van der Waals surface area contributed by atoms with Gasteiger partial charge in [0.05, 0.1) is 12.3 Å². The van der Waals surface area contributed by atoms with Crippen LogP contribution in [0.1, 0.15) is 35.5 Å². The second-order valence-electron chi connectivity index (χ2n) is 8.33. The second-order valence-corrected chi connectivity index (χ2v) is 8.76. The zero-order valence-electron chi connectivity index (χ0n) is 17.9. The van der Waals surface area contributed by atoms with Gasteiger partial charge in [-0.05, 0) is 42.1 Å². The van der Waals surface area contributed by atoms with Crippen molar-refractivity contribution in [1.29, 1.82) is 0 Å². The average Bonchev–Trinajstić information content (AvgIpc) is 3.21. The van der Waals surface area contributed by atoms with Gasteiger partial charge in [-0.1, -0.05) is 41.4 Å². The highest BCUT2D eigenvalue weighted by Gasteiger charge is 2.34. The van der Waals surface area contributed by atoms with E-state index >= 15 is 4.39 Å². The first-order valence-electron chi connectivity index (χ1n) is 10.6. The summed E-state index contributed by atoms with van der Waals surface area (Å²) in [6.45, 7) is 1.67. The maximum absolute atomic E-state index is 15.1. The molecule has 5 rings (SSSR count). The third kappa shape index (κ3) is 3.96. The van der Waals surface area contributed by atoms with Gasteiger partial charge in [-0.2, -0.15) is 5.10 Å². The molecule has 7 heteroatoms. The minimum atomic E-state index is -0.733. The Morgan fingerprint density at radius 1 is 1.18 bits per heavy atom. The van der Waals surface area contributed by atoms with Crippen molar-refractivity contribution in [2.24, 2.45) is 0 Å². The van der Waals surface area contributed by atoms with E-state index in [1.807, 2.05) is 31.2 Å². The van der Waals surface area contributed by atoms with Crippen molar-refractivity contribution in [1.82, 2.24) is 14.8 Å². The average molecular weight is 462 g/mol. The summed E-state index contributed by atoms with van der Waals surface area (Å²) in [7, 11) is 0. The fraction of sp³-hybridized carbons (Fsp3) is 0.192. The molecule has 1 atom stereocenters. The van der Waals surface area contributed by atoms with Gasteiger partial charge in [-0.15, -0.1) is 0 Å². The smallest absolute Gasteiger partial charge is 0.165 e. The summed E-state index contributed by atoms with van der Waals surface area (Å²) >= 11 is 5.99. The summed E-state index contributed by atoms with van der Waals surface area (Å²) in [6.07, 6.45) is 4.19. The number of aromatic nitrogens is 3. The van der Waals surface area contributed by atoms with E-state index in [1.54, 1.807) is 35.3 Å². The van der Waals surface area contributed by atoms with Gasteiger partial charge in [-0.25, -0.2) is 4.39 Å². The Morgan fingerprint density at radius 2 is 2.03 bits per heavy atom. The molecule has 1 aliphatic heterocycles. The Morgan fingerprint density at radius 3 is 2.82 bits per heavy atom. The van der Waals surface area contributed by atoms with E-state index in [2.05, 4.69) is 10.1 Å². The van der Waals surface area contributed by atoms with Crippen molar-refractivity contribution < 1.29 is 14.3 Å². The molecule has 1 unspecified atom stereocenters. The Bertz CT molecular complexity index is 1430. The van der Waals surface area contributed by atoms with Crippen molar-refractivity contribution in [2.75, 3.05) is 0 Å². The van der Waals surface area contributed by atoms with Crippen LogP contribution >= 0.6 is 11.6 Å². The van der Waals surface area contributed by atoms with Crippen LogP contribution in [0, 0.1) is 5.82 Å². The van der Waals surface area contributed by atoms with Crippen molar-refractivity contribution in [3.8, 4) is 0 Å². The first-order valence-corrected chi connectivity index (χ1v) is 11.0. The van der Waals surface area contributed by atoms with Gasteiger partial charge in [0.2, 0.25) is 0 Å². The number of hydrogen-bond acceptors (Lipinski definition) is 4. The molecule has 1 aliphatic rings. The van der Waals surface area contributed by atoms with Gasteiger partial charge < -0.3 is 5.11 Å². The summed E-state index contributed by atoms with van der Waals surface area (Å²) < 4.78 is 16.7. The number of rotatable bonds is 5. The standard InChI is InChI=1S/C26H21ClFN3O2/c1-15-8-21-12-20(14-32)30-31(21)26(22-5-4-19(27)11-23(22)28)25(15)24(33)10-16-2-3-18-13-29-7-6-17(18)9-16/h2-7,9,11-13,26,32H,8,10,14H2,1H3. The van der Waals surface area contributed by atoms with Crippen LogP contribution in [0.15, 0.2) is 72.1 Å². The van der Waals surface area contributed by atoms with Gasteiger partial charge in [0, 0.05) is 52.5 Å². The van der Waals surface area contributed by atoms with E-state index in [1.165, 1.54) is 6.07 Å². The Hall–Kier alpha value is -3.35. The van der Waals surface area contributed by atoms with Gasteiger partial charge in [0.25, 0.3) is 0 Å². The van der Waals surface area contributed by atoms with E-state index < -0.39 is 11.9 Å². The number of ketones is 1. The van der Waals surface area contributed by atoms with Crippen LogP contribution in [-0.2, 0) is 24.2 Å². The molecule has 33 heavy (non-hydrogen) atoms. The molecule has 2 aromatic carbocycles. The first-order chi connectivity index (χ1) is 15.9. The van der Waals surface area contributed by atoms with Crippen LogP contribution in [-0.4, -0.2) is 25.7 Å². The molecule has 2 aromatic heterocycles. The van der Waals surface area contributed by atoms with Crippen molar-refractivity contribution >= 4 is 28.2 Å². The van der Waals surface area contributed by atoms with Crippen LogP contribution in [0.3, 0.4) is 0 Å². The number of fused-ring (bicyclic) bond motifs is 2. The molecular weight excluding hydrogens is 441 g/mol. The highest BCUT2D eigenvalue weighted by Crippen LogP contribution is 2.38. The normalized spacial score (nSPS) is 15.7. The number of carbonyl (C=O) groups excluding carboxylic acids is 1. The molecule has 0 aliphatic carbocycles. The zero-order chi connectivity index (χ0) is 23.1. The summed E-state index contributed by atoms with van der Waals surface area (Å²) in [5, 5.41) is 16.4. The Balaban J connectivity index is 1.58. The van der Waals surface area contributed by atoms with Crippen LogP contribution in [0.4, 0.5) is 4.39 Å². The molecule has 4 aromatic rings. The topological polar surface area (TPSA) is 68.0 Å². The van der Waals surface area contributed by atoms with Crippen LogP contribution in [0.2, 0.25) is 5.02 Å². The number of nitrogens with zero attached hydrogens (tertiary/aromatic N) is 3. The lowest BCUT2D eigenvalue weighted by atomic mass is 9.85. The fourth-order valence-corrected chi connectivity index (χ4v) is 4.73. The third-order valence-corrected chi connectivity index (χ3v) is 6.31. The molecule has 5 nitrogen and oxygen atoms in total. The maximum Gasteiger partial charge on any atom is 0.165 e. The summed E-state index contributed by atoms with van der Waals surface area (Å²) in [4.78, 5) is 17.8. The van der Waals surface area contributed by atoms with E-state index in [0.29, 0.717) is 23.3 Å². The zero-order valence-corrected chi connectivity index (χ0v) is 18.7. The number of halogens is 2. The van der Waals surface area contributed by atoms with E-state index in [0.717, 1.165) is 27.6 Å². The van der Waals surface area contributed by atoms with E-state index in [-0.39, 0.29) is 23.8 Å². The predicted octanol–water partition coefficient (Wildman–Crippen LogP) is 4.99. The monoisotopic (exact) mass is 461 g/mol. The molecule has 3 heterocycles. The van der Waals surface area contributed by atoms with Gasteiger partial charge in [-0.3, -0.25) is 14.5 Å². The lowest BCUT2D eigenvalue weighted by Crippen LogP contribution is -2.28. The maximum atomic E-state index is 15.1. The number of carbonyl (C=O) groups is 1. The van der Waals surface area contributed by atoms with Crippen LogP contribution in [0.5, 0.6) is 0 Å². The molecule has 0 radical (unpaired) electrons. The quantitative estimate of drug-likeness (QED) is 0.454. The number of allylic oxidation sites excluding steroid dienone is 2. The molecule has 0 saturated heterocycles. The second kappa shape index (κ2) is 8.54. The summed E-state index contributed by atoms with van der Waals surface area (Å²) in [5.74, 6) is -0.593. The molecule has 166 valence electrons. The summed E-state index contributed by atoms with van der Waals surface area (Å²) in [5.41, 5.74) is 3.88. The number of benzene rings is 2. The molecule has 1 N–H and O–H groups in total. The molecule has 0 amide bonds. The SMILES string of the molecule is CC1=C(C(=O)Cc2ccc3cnccc3c2)C(c2ccc(Cl)cc2F)n2nc(CO)cc2C1. The minimum Gasteiger partial charge on any atom is -0.390 e. The molecular formula is C26H21ClFN3O2. The van der Waals surface area contributed by atoms with Crippen LogP contribution < -0.4 is 0 Å². The highest BCUT2D eigenvalue weighted by molar-refractivity contribution is 6.30. The largest absolute Gasteiger partial charge is 0.390 e. The van der Waals surface area contributed by atoms with Crippen molar-refractivity contribution in [3.05, 3.63) is 105 Å². The molecule has 0 saturated carbocycles. The van der Waals surface area contributed by atoms with Gasteiger partial charge in [0.15, 0.2) is 5.78 Å². The van der Waals surface area contributed by atoms with Gasteiger partial charge >= 0.3 is 0 Å². The predicted molar refractivity (Wildman–Crippen MR) is 125 cm³/mol. The van der Waals surface area contributed by atoms with E-state index in [4.69, 9.17) is 11.6 Å². The molecule has 0 bridgehead atoms. The van der Waals surface area contributed by atoms with Crippen molar-refractivity contribution in [3.63, 3.8) is 0 Å². The number of aliphatic hydroxyl groups is 1. The van der Waals surface area contributed by atoms with Gasteiger partial charge in [0.1, 0.15) is 11.9 Å². The van der Waals surface area contributed by atoms with Crippen molar-refractivity contribution in [2.45, 2.75) is 32.4 Å². The lowest BCUT2D eigenvalue weighted by molar-refractivity contribution is -0.115. The highest BCUT2D eigenvalue weighted by atomic mass is 35.5. The van der Waals surface area contributed by atoms with E-state index in [9.17, 15) is 9.90 Å². The number of hydrogen-bond donors (Lipinski definition) is 1. The minimum absolute atomic E-state index is 0.0908. The Labute approximate surface area is 195 Å². The lowest BCUT2D eigenvalue weighted by Gasteiger charge is -2.29.